The fraction of sp³-hybridized carbons (Fsp3) is 0.627. The number of fused-ring (bicyclic) bond motifs is 2. The second-order valence-electron chi connectivity index (χ2n) is 27.1. The largest absolute Gasteiger partial charge is 0.504 e. The number of aliphatic hydroxyl groups excluding tert-OH is 6. The molecule has 0 radical (unpaired) electrons. The highest BCUT2D eigenvalue weighted by Crippen LogP contribution is 2.39. The lowest BCUT2D eigenvalue weighted by Crippen LogP contribution is -2.64. The van der Waals surface area contributed by atoms with Gasteiger partial charge >= 0.3 is 0 Å². The summed E-state index contributed by atoms with van der Waals surface area (Å²) in [6.07, 6.45) is 3.05. The van der Waals surface area contributed by atoms with Gasteiger partial charge in [-0.1, -0.05) is 67.9 Å². The van der Waals surface area contributed by atoms with Crippen molar-refractivity contribution in [1.82, 2.24) is 56.5 Å². The number of carbonyl (C=O) groups is 7. The first-order chi connectivity index (χ1) is 47.0. The molecule has 16 N–H and O–H groups in total. The van der Waals surface area contributed by atoms with Crippen LogP contribution in [0.1, 0.15) is 120 Å². The van der Waals surface area contributed by atoms with E-state index in [9.17, 15) is 69.3 Å². The molecule has 4 aromatic rings. The van der Waals surface area contributed by atoms with Crippen LogP contribution in [0.3, 0.4) is 0 Å². The normalized spacial score (nSPS) is 28.7. The molecule has 10 rings (SSSR count). The SMILES string of the molecule is C[C@@H](O)[C@@H]1NC(=O)[C@@H](NC[C@H]2CC[C@H](c3nnc(-c4ccc(-c5cnc(N6CCC(OC7CCCCC7)CC6)nc5)cc4)s3)CC2)C[C@@H](O)CNC(=O)[C@@H]2[C@@H](O)[C@@H](C)CN2C(=O)[C@H]([C@H](O)CC(N)=O)NC(=O)[C@H]([C@H](O)Cc2ccc(O)c(OCCN)c2)NC(=O)[C@@H]2C[C@@H](O)CN2C1=O. The third kappa shape index (κ3) is 18.2. The molecule has 4 aliphatic heterocycles. The Morgan fingerprint density at radius 3 is 2.08 bits per heavy atom. The number of benzene rings is 2. The highest BCUT2D eigenvalue weighted by Gasteiger charge is 2.50. The number of aliphatic hydroxyl groups is 6. The van der Waals surface area contributed by atoms with Crippen LogP contribution in [0.15, 0.2) is 54.9 Å². The first-order valence-electron chi connectivity index (χ1n) is 34.2. The lowest BCUT2D eigenvalue weighted by atomic mass is 9.82. The number of carbonyl (C=O) groups excluding carboxylic acids is 7. The number of phenols is 1. The number of piperidine rings is 1. The van der Waals surface area contributed by atoms with Gasteiger partial charge in [0.1, 0.15) is 46.8 Å². The summed E-state index contributed by atoms with van der Waals surface area (Å²) in [7, 11) is 0. The monoisotopic (exact) mass is 1380 g/mol. The van der Waals surface area contributed by atoms with E-state index in [4.69, 9.17) is 30.9 Å². The molecule has 534 valence electrons. The van der Waals surface area contributed by atoms with Crippen molar-refractivity contribution >= 4 is 58.6 Å². The highest BCUT2D eigenvalue weighted by molar-refractivity contribution is 7.14. The summed E-state index contributed by atoms with van der Waals surface area (Å²) in [4.78, 5) is 113. The van der Waals surface area contributed by atoms with E-state index in [1.165, 1.54) is 75.5 Å². The maximum absolute atomic E-state index is 14.8. The number of anilines is 1. The maximum atomic E-state index is 14.8. The van der Waals surface area contributed by atoms with Gasteiger partial charge in [0.25, 0.3) is 0 Å². The Morgan fingerprint density at radius 1 is 0.735 bits per heavy atom. The number of ether oxygens (including phenoxy) is 2. The van der Waals surface area contributed by atoms with Gasteiger partial charge in [0.2, 0.25) is 47.3 Å². The molecule has 31 heteroatoms. The summed E-state index contributed by atoms with van der Waals surface area (Å²) in [6, 6.07) is 1.39. The van der Waals surface area contributed by atoms with Crippen LogP contribution in [0.25, 0.3) is 21.7 Å². The number of nitrogens with one attached hydrogen (secondary N) is 5. The molecule has 30 nitrogen and oxygen atoms in total. The third-order valence-electron chi connectivity index (χ3n) is 19.7. The molecule has 0 bridgehead atoms. The van der Waals surface area contributed by atoms with Crippen molar-refractivity contribution in [3.8, 4) is 33.2 Å². The molecule has 2 aromatic carbocycles. The van der Waals surface area contributed by atoms with E-state index >= 15 is 0 Å². The van der Waals surface area contributed by atoms with Gasteiger partial charge in [-0.15, -0.1) is 10.2 Å². The Hall–Kier alpha value is -7.59. The molecule has 2 saturated carbocycles. The van der Waals surface area contributed by atoms with Crippen LogP contribution < -0.4 is 47.7 Å². The summed E-state index contributed by atoms with van der Waals surface area (Å²) >= 11 is 1.53. The van der Waals surface area contributed by atoms with Gasteiger partial charge in [-0.3, -0.25) is 33.6 Å². The highest BCUT2D eigenvalue weighted by atomic mass is 32.1. The zero-order valence-corrected chi connectivity index (χ0v) is 56.1. The zero-order chi connectivity index (χ0) is 69.9. The van der Waals surface area contributed by atoms with E-state index in [2.05, 4.69) is 41.7 Å². The average Bonchev–Trinajstić information content (AvgIpc) is 1.64. The molecular formula is C67H94N14O16S. The van der Waals surface area contributed by atoms with Crippen LogP contribution in [0.5, 0.6) is 11.5 Å². The minimum Gasteiger partial charge on any atom is -0.504 e. The number of β-amino-alcohol motifs (C(OH)–C–C–N with tert-alkyl or cyclic N) is 1. The van der Waals surface area contributed by atoms with Crippen LogP contribution in [0.2, 0.25) is 0 Å². The Morgan fingerprint density at radius 2 is 1.40 bits per heavy atom. The summed E-state index contributed by atoms with van der Waals surface area (Å²) in [5.41, 5.74) is 14.1. The lowest BCUT2D eigenvalue weighted by Gasteiger charge is -2.34. The quantitative estimate of drug-likeness (QED) is 0.0534. The molecule has 2 aromatic heterocycles. The van der Waals surface area contributed by atoms with Crippen molar-refractivity contribution in [2.24, 2.45) is 23.3 Å². The van der Waals surface area contributed by atoms with Crippen LogP contribution in [-0.2, 0) is 44.7 Å². The number of primary amides is 1. The van der Waals surface area contributed by atoms with Crippen molar-refractivity contribution < 1.29 is 78.8 Å². The van der Waals surface area contributed by atoms with Crippen molar-refractivity contribution in [3.63, 3.8) is 0 Å². The third-order valence-corrected chi connectivity index (χ3v) is 20.9. The lowest BCUT2D eigenvalue weighted by molar-refractivity contribution is -0.147. The predicted octanol–water partition coefficient (Wildman–Crippen LogP) is -1.02. The number of aromatic nitrogens is 4. The molecule has 0 spiro atoms. The van der Waals surface area contributed by atoms with Gasteiger partial charge < -0.3 is 98.0 Å². The van der Waals surface area contributed by atoms with Crippen LogP contribution in [0.4, 0.5) is 5.95 Å². The molecule has 6 fully saturated rings. The van der Waals surface area contributed by atoms with Crippen molar-refractivity contribution in [3.05, 3.63) is 65.4 Å². The Bertz CT molecular complexity index is 3390. The van der Waals surface area contributed by atoms with Crippen molar-refractivity contribution in [1.29, 1.82) is 0 Å². The van der Waals surface area contributed by atoms with E-state index in [0.29, 0.717) is 18.9 Å². The molecule has 98 heavy (non-hydrogen) atoms. The smallest absolute Gasteiger partial charge is 0.248 e. The summed E-state index contributed by atoms with van der Waals surface area (Å²) in [5, 5.41) is 103. The number of hydrogen-bond acceptors (Lipinski definition) is 24. The summed E-state index contributed by atoms with van der Waals surface area (Å²) in [5.74, 6) is -7.96. The second-order valence-corrected chi connectivity index (χ2v) is 28.1. The van der Waals surface area contributed by atoms with Gasteiger partial charge in [-0.2, -0.15) is 0 Å². The molecule has 0 unspecified atom stereocenters. The fourth-order valence-corrected chi connectivity index (χ4v) is 15.2. The van der Waals surface area contributed by atoms with Crippen LogP contribution in [-0.4, -0.2) is 245 Å². The number of hydrogen-bond donors (Lipinski definition) is 14. The van der Waals surface area contributed by atoms with Gasteiger partial charge in [-0.25, -0.2) is 9.97 Å². The van der Waals surface area contributed by atoms with E-state index < -0.39 is 159 Å². The molecule has 2 aliphatic carbocycles. The van der Waals surface area contributed by atoms with E-state index in [0.717, 1.165) is 81.2 Å². The van der Waals surface area contributed by atoms with Gasteiger partial charge in [0.05, 0.1) is 61.3 Å². The number of aromatic hydroxyl groups is 1. The minimum atomic E-state index is -2.14. The van der Waals surface area contributed by atoms with Gasteiger partial charge in [-0.05, 0) is 100 Å². The summed E-state index contributed by atoms with van der Waals surface area (Å²) in [6.45, 7) is 3.40. The predicted molar refractivity (Wildman–Crippen MR) is 356 cm³/mol. The van der Waals surface area contributed by atoms with E-state index in [1.54, 1.807) is 0 Å². The Labute approximate surface area is 572 Å². The standard InChI is InChI=1S/C67H94N14O16S/c1-35-33-81-57(58(35)89)62(93)71-32-43(83)26-47(70-29-37-8-11-40(12-9-37)63-77-78-64(98-63)41-15-13-39(14-16-41)42-30-72-67(73-31-42)79-21-18-46(19-22-79)97-45-6-4-3-5-7-45)59(90)74-54(36(2)82)65(94)80-34-44(84)27-48(80)60(91)75-55(61(92)76-56(66(81)95)51(87)28-53(69)88)50(86)24-38-10-17-49(85)52(25-38)96-23-20-68/h10,13-17,25,30-31,35-37,40,43-48,50-51,54-58,70,82-87,89H,3-9,11-12,18-24,26-29,32-34,68H2,1-2H3,(H2,69,88)(H,71,93)(H,74,90)(H,75,91)(H,76,92)/t35-,36+,37-,40-,43+,44+,47-,48-,50+,51+,54-,55-,56-,57-,58-/m0/s1. The number of nitrogens with two attached hydrogens (primary N) is 2. The average molecular weight is 1380 g/mol. The second kappa shape index (κ2) is 33.5. The fourth-order valence-electron chi connectivity index (χ4n) is 14.2. The number of rotatable bonds is 19. The number of phenolic OH excluding ortho intramolecular Hbond substituents is 1. The van der Waals surface area contributed by atoms with Gasteiger partial charge in [0, 0.05) is 87.5 Å². The molecule has 7 amide bonds. The Kier molecular flexibility index (Phi) is 25.0. The molecule has 6 aliphatic rings. The first-order valence-corrected chi connectivity index (χ1v) is 35.0. The summed E-state index contributed by atoms with van der Waals surface area (Å²) < 4.78 is 12.0. The molecule has 6 heterocycles. The number of amides is 7. The zero-order valence-electron chi connectivity index (χ0n) is 55.3. The maximum Gasteiger partial charge on any atom is 0.248 e. The Balaban J connectivity index is 0.821. The van der Waals surface area contributed by atoms with Gasteiger partial charge in [0.15, 0.2) is 11.5 Å². The first kappa shape index (κ1) is 73.1. The molecule has 4 saturated heterocycles. The molecular weight excluding hydrogens is 1290 g/mol. The number of nitrogens with zero attached hydrogens (tertiary/aromatic N) is 7. The van der Waals surface area contributed by atoms with Crippen molar-refractivity contribution in [2.75, 3.05) is 57.3 Å². The molecule has 13 atom stereocenters. The topological polar surface area (TPSA) is 453 Å². The van der Waals surface area contributed by atoms with E-state index in [1.807, 2.05) is 36.7 Å². The minimum absolute atomic E-state index is 0.00800. The van der Waals surface area contributed by atoms with E-state index in [-0.39, 0.29) is 61.2 Å². The van der Waals surface area contributed by atoms with Crippen LogP contribution >= 0.6 is 11.3 Å². The van der Waals surface area contributed by atoms with Crippen LogP contribution in [0, 0.1) is 11.8 Å². The van der Waals surface area contributed by atoms with Crippen molar-refractivity contribution in [2.45, 2.75) is 201 Å².